The molecule has 176 valence electrons. The van der Waals surface area contributed by atoms with Crippen molar-refractivity contribution in [1.29, 1.82) is 0 Å². The first-order chi connectivity index (χ1) is 16.3. The first-order valence-corrected chi connectivity index (χ1v) is 10.9. The molecule has 4 aromatic heterocycles. The fourth-order valence-corrected chi connectivity index (χ4v) is 3.75. The quantitative estimate of drug-likeness (QED) is 0.387. The molecule has 2 aliphatic carbocycles. The summed E-state index contributed by atoms with van der Waals surface area (Å²) < 4.78 is 51.4. The van der Waals surface area contributed by atoms with Crippen LogP contribution in [0.4, 0.5) is 17.6 Å². The Morgan fingerprint density at radius 3 is 1.35 bits per heavy atom. The number of nitrogens with zero attached hydrogens (tertiary/aromatic N) is 4. The van der Waals surface area contributed by atoms with Gasteiger partial charge in [-0.05, 0) is 35.4 Å². The van der Waals surface area contributed by atoms with Gasteiger partial charge in [0.15, 0.2) is 0 Å². The molecular weight excluding hydrogens is 448 g/mol. The Morgan fingerprint density at radius 1 is 0.676 bits per heavy atom. The molecule has 2 fully saturated rings. The number of imidazole rings is 2. The molecule has 2 unspecified atom stereocenters. The topological polar surface area (TPSA) is 83.1 Å². The Hall–Kier alpha value is -3.56. The molecule has 2 aliphatic rings. The van der Waals surface area contributed by atoms with Gasteiger partial charge in [-0.15, -0.1) is 0 Å². The van der Waals surface area contributed by atoms with Gasteiger partial charge in [0.05, 0.1) is 11.8 Å². The highest BCUT2D eigenvalue weighted by Crippen LogP contribution is 2.55. The molecule has 0 bridgehead atoms. The third-order valence-electron chi connectivity index (χ3n) is 5.90. The van der Waals surface area contributed by atoms with Crippen LogP contribution in [0.5, 0.6) is 0 Å². The lowest BCUT2D eigenvalue weighted by molar-refractivity contribution is 0.110. The third-order valence-corrected chi connectivity index (χ3v) is 5.90. The van der Waals surface area contributed by atoms with Crippen molar-refractivity contribution in [2.75, 3.05) is 0 Å². The van der Waals surface area contributed by atoms with E-state index in [2.05, 4.69) is 29.9 Å². The van der Waals surface area contributed by atoms with Gasteiger partial charge in [-0.1, -0.05) is 0 Å². The zero-order valence-corrected chi connectivity index (χ0v) is 18.1. The highest BCUT2D eigenvalue weighted by atomic mass is 19.3. The van der Waals surface area contributed by atoms with Crippen molar-refractivity contribution < 1.29 is 17.6 Å². The van der Waals surface area contributed by atoms with Gasteiger partial charge in [0.25, 0.3) is 11.8 Å². The summed E-state index contributed by atoms with van der Waals surface area (Å²) in [5.41, 5.74) is 3.87. The molecule has 2 atom stereocenters. The van der Waals surface area contributed by atoms with Gasteiger partial charge < -0.3 is 9.97 Å². The van der Waals surface area contributed by atoms with Crippen LogP contribution in [-0.2, 0) is 12.8 Å². The first kappa shape index (κ1) is 22.2. The van der Waals surface area contributed by atoms with Gasteiger partial charge in [-0.3, -0.25) is 9.97 Å². The second-order valence-corrected chi connectivity index (χ2v) is 8.69. The molecule has 2 N–H and O–H groups in total. The van der Waals surface area contributed by atoms with Crippen LogP contribution < -0.4 is 0 Å². The number of nitrogens with one attached hydrogen (secondary N) is 2. The molecule has 0 spiro atoms. The third kappa shape index (κ3) is 5.16. The number of alkyl halides is 4. The summed E-state index contributed by atoms with van der Waals surface area (Å²) in [6.45, 7) is 0. The van der Waals surface area contributed by atoms with Crippen molar-refractivity contribution in [3.63, 3.8) is 0 Å². The van der Waals surface area contributed by atoms with Gasteiger partial charge in [0.2, 0.25) is 0 Å². The minimum atomic E-state index is -2.56. The normalized spacial score (nSPS) is 21.4. The van der Waals surface area contributed by atoms with E-state index in [9.17, 15) is 17.6 Å². The molecule has 0 aromatic carbocycles. The van der Waals surface area contributed by atoms with Crippen molar-refractivity contribution in [3.05, 3.63) is 95.6 Å². The molecular formula is C24H22F4N6. The SMILES string of the molecule is FC1(F)CC1c1ncc(Cc2ccncc2)[nH]1.FC1(F)CC1c1ncc(Cc2ccncc2)[nH]1. The predicted octanol–water partition coefficient (Wildman–Crippen LogP) is 5.04. The van der Waals surface area contributed by atoms with Crippen molar-refractivity contribution in [3.8, 4) is 0 Å². The summed E-state index contributed by atoms with van der Waals surface area (Å²) in [5, 5.41) is 0. The maximum absolute atomic E-state index is 12.8. The minimum absolute atomic E-state index is 0.0881. The van der Waals surface area contributed by atoms with E-state index in [1.807, 2.05) is 24.3 Å². The second kappa shape index (κ2) is 8.66. The molecule has 0 saturated heterocycles. The Labute approximate surface area is 192 Å². The molecule has 4 aromatic rings. The van der Waals surface area contributed by atoms with E-state index >= 15 is 0 Å². The summed E-state index contributed by atoms with van der Waals surface area (Å²) in [6.07, 6.45) is 11.2. The van der Waals surface area contributed by atoms with Crippen molar-refractivity contribution >= 4 is 0 Å². The lowest BCUT2D eigenvalue weighted by Gasteiger charge is -1.97. The highest BCUT2D eigenvalue weighted by Gasteiger charge is 2.60. The maximum atomic E-state index is 12.8. The fourth-order valence-electron chi connectivity index (χ4n) is 3.75. The van der Waals surface area contributed by atoms with E-state index in [4.69, 9.17) is 0 Å². The Kier molecular flexibility index (Phi) is 5.66. The summed E-state index contributed by atoms with van der Waals surface area (Å²) in [6, 6.07) is 7.58. The lowest BCUT2D eigenvalue weighted by Crippen LogP contribution is -1.95. The largest absolute Gasteiger partial charge is 0.345 e. The van der Waals surface area contributed by atoms with E-state index in [0.717, 1.165) is 22.5 Å². The van der Waals surface area contributed by atoms with Crippen LogP contribution in [0, 0.1) is 0 Å². The second-order valence-electron chi connectivity index (χ2n) is 8.69. The van der Waals surface area contributed by atoms with Gasteiger partial charge in [-0.25, -0.2) is 27.5 Å². The Bertz CT molecular complexity index is 1140. The average molecular weight is 470 g/mol. The van der Waals surface area contributed by atoms with Gasteiger partial charge in [0.1, 0.15) is 11.6 Å². The van der Waals surface area contributed by atoms with E-state index in [1.165, 1.54) is 0 Å². The van der Waals surface area contributed by atoms with Gasteiger partial charge in [0, 0.05) is 74.3 Å². The van der Waals surface area contributed by atoms with E-state index in [1.54, 1.807) is 37.2 Å². The Balaban J connectivity index is 0.000000142. The first-order valence-electron chi connectivity index (χ1n) is 10.9. The number of hydrogen-bond donors (Lipinski definition) is 2. The molecule has 0 amide bonds. The lowest BCUT2D eigenvalue weighted by atomic mass is 10.2. The molecule has 6 nitrogen and oxygen atoms in total. The number of hydrogen-bond acceptors (Lipinski definition) is 4. The monoisotopic (exact) mass is 470 g/mol. The zero-order chi connectivity index (χ0) is 23.8. The number of aromatic nitrogens is 6. The van der Waals surface area contributed by atoms with E-state index < -0.39 is 23.7 Å². The highest BCUT2D eigenvalue weighted by molar-refractivity contribution is 5.23. The minimum Gasteiger partial charge on any atom is -0.345 e. The molecule has 0 aliphatic heterocycles. The average Bonchev–Trinajstić information content (AvgIpc) is 3.42. The van der Waals surface area contributed by atoms with Crippen LogP contribution in [0.3, 0.4) is 0 Å². The van der Waals surface area contributed by atoms with E-state index in [0.29, 0.717) is 24.5 Å². The number of aromatic amines is 2. The van der Waals surface area contributed by atoms with Gasteiger partial charge in [-0.2, -0.15) is 0 Å². The summed E-state index contributed by atoms with van der Waals surface area (Å²) in [7, 11) is 0. The van der Waals surface area contributed by atoms with E-state index in [-0.39, 0.29) is 12.8 Å². The molecule has 10 heteroatoms. The maximum Gasteiger partial charge on any atom is 0.259 e. The summed E-state index contributed by atoms with van der Waals surface area (Å²) >= 11 is 0. The summed E-state index contributed by atoms with van der Waals surface area (Å²) in [5.74, 6) is -5.75. The predicted molar refractivity (Wildman–Crippen MR) is 116 cm³/mol. The standard InChI is InChI=1S/2C12H11F2N3/c2*13-12(14)6-10(12)11-16-7-9(17-11)5-8-1-3-15-4-2-8/h2*1-4,7,10H,5-6H2,(H,16,17). The van der Waals surface area contributed by atoms with Crippen LogP contribution in [-0.4, -0.2) is 41.7 Å². The summed E-state index contributed by atoms with van der Waals surface area (Å²) in [4.78, 5) is 21.8. The van der Waals surface area contributed by atoms with Crippen LogP contribution in [0.15, 0.2) is 61.4 Å². The number of halogens is 4. The number of rotatable bonds is 6. The van der Waals surface area contributed by atoms with Crippen molar-refractivity contribution in [2.45, 2.75) is 49.4 Å². The van der Waals surface area contributed by atoms with Crippen LogP contribution in [0.1, 0.15) is 58.8 Å². The fraction of sp³-hybridized carbons (Fsp3) is 0.333. The Morgan fingerprint density at radius 2 is 1.03 bits per heavy atom. The van der Waals surface area contributed by atoms with Crippen LogP contribution in [0.25, 0.3) is 0 Å². The van der Waals surface area contributed by atoms with Crippen LogP contribution >= 0.6 is 0 Å². The molecule has 2 saturated carbocycles. The molecule has 0 radical (unpaired) electrons. The van der Waals surface area contributed by atoms with Crippen molar-refractivity contribution in [2.24, 2.45) is 0 Å². The molecule has 34 heavy (non-hydrogen) atoms. The smallest absolute Gasteiger partial charge is 0.259 e. The number of H-pyrrole nitrogens is 2. The zero-order valence-electron chi connectivity index (χ0n) is 18.1. The number of pyridine rings is 2. The van der Waals surface area contributed by atoms with Gasteiger partial charge >= 0.3 is 0 Å². The molecule has 4 heterocycles. The molecule has 6 rings (SSSR count). The van der Waals surface area contributed by atoms with Crippen molar-refractivity contribution in [1.82, 2.24) is 29.9 Å². The van der Waals surface area contributed by atoms with Crippen LogP contribution in [0.2, 0.25) is 0 Å².